The molecule has 92 valence electrons. The molecule has 1 atom stereocenters. The maximum atomic E-state index is 11.6. The maximum absolute atomic E-state index is 11.6. The Morgan fingerprint density at radius 3 is 2.38 bits per heavy atom. The van der Waals surface area contributed by atoms with Crippen LogP contribution in [0, 0.1) is 11.8 Å². The number of rotatable bonds is 6. The Hall–Kier alpha value is -1.06. The summed E-state index contributed by atoms with van der Waals surface area (Å²) in [6, 6.07) is -0.729. The first-order valence-corrected chi connectivity index (χ1v) is 6.01. The van der Waals surface area contributed by atoms with Crippen molar-refractivity contribution in [2.75, 3.05) is 0 Å². The number of carboxylic acids is 1. The van der Waals surface area contributed by atoms with Crippen LogP contribution in [-0.2, 0) is 9.59 Å². The van der Waals surface area contributed by atoms with Gasteiger partial charge in [-0.05, 0) is 31.1 Å². The molecule has 1 amide bonds. The molecule has 0 aromatic carbocycles. The van der Waals surface area contributed by atoms with Crippen molar-refractivity contribution in [3.8, 4) is 0 Å². The van der Waals surface area contributed by atoms with Crippen LogP contribution in [0.1, 0.15) is 46.0 Å². The van der Waals surface area contributed by atoms with Crippen LogP contribution in [0.2, 0.25) is 0 Å². The van der Waals surface area contributed by atoms with Gasteiger partial charge in [0.25, 0.3) is 0 Å². The van der Waals surface area contributed by atoms with Gasteiger partial charge in [0.05, 0.1) is 0 Å². The molecular weight excluding hydrogens is 206 g/mol. The lowest BCUT2D eigenvalue weighted by Gasteiger charge is -2.25. The summed E-state index contributed by atoms with van der Waals surface area (Å²) in [5, 5.41) is 11.6. The molecule has 0 aromatic rings. The van der Waals surface area contributed by atoms with Gasteiger partial charge in [0.1, 0.15) is 6.04 Å². The predicted molar refractivity (Wildman–Crippen MR) is 61.0 cm³/mol. The van der Waals surface area contributed by atoms with Crippen LogP contribution < -0.4 is 5.32 Å². The van der Waals surface area contributed by atoms with E-state index in [4.69, 9.17) is 5.11 Å². The Kier molecular flexibility index (Phi) is 4.77. The molecule has 1 saturated carbocycles. The van der Waals surface area contributed by atoms with E-state index in [2.05, 4.69) is 5.32 Å². The molecule has 1 rings (SSSR count). The SMILES string of the molecule is CC(C)CC(NC(=O)CC1CCC1)C(=O)O. The summed E-state index contributed by atoms with van der Waals surface area (Å²) in [5.74, 6) is -0.299. The Balaban J connectivity index is 2.34. The van der Waals surface area contributed by atoms with E-state index in [0.29, 0.717) is 18.8 Å². The van der Waals surface area contributed by atoms with Crippen LogP contribution in [0.4, 0.5) is 0 Å². The molecule has 0 aliphatic heterocycles. The number of aliphatic carboxylic acids is 1. The average Bonchev–Trinajstić information content (AvgIpc) is 2.09. The zero-order valence-electron chi connectivity index (χ0n) is 10.0. The standard InChI is InChI=1S/C12H21NO3/c1-8(2)6-10(12(15)16)13-11(14)7-9-4-3-5-9/h8-10H,3-7H2,1-2H3,(H,13,14)(H,15,16). The molecule has 0 saturated heterocycles. The molecule has 0 radical (unpaired) electrons. The fourth-order valence-electron chi connectivity index (χ4n) is 1.91. The van der Waals surface area contributed by atoms with Crippen LogP contribution in [0.25, 0.3) is 0 Å². The molecule has 4 nitrogen and oxygen atoms in total. The topological polar surface area (TPSA) is 66.4 Å². The Morgan fingerprint density at radius 2 is 2.00 bits per heavy atom. The van der Waals surface area contributed by atoms with Crippen LogP contribution in [-0.4, -0.2) is 23.0 Å². The van der Waals surface area contributed by atoms with Crippen molar-refractivity contribution < 1.29 is 14.7 Å². The summed E-state index contributed by atoms with van der Waals surface area (Å²) in [5.41, 5.74) is 0. The van der Waals surface area contributed by atoms with Crippen molar-refractivity contribution in [3.63, 3.8) is 0 Å². The fourth-order valence-corrected chi connectivity index (χ4v) is 1.91. The largest absolute Gasteiger partial charge is 0.480 e. The highest BCUT2D eigenvalue weighted by Gasteiger charge is 2.25. The molecule has 0 spiro atoms. The zero-order valence-corrected chi connectivity index (χ0v) is 10.0. The van der Waals surface area contributed by atoms with Gasteiger partial charge in [-0.1, -0.05) is 20.3 Å². The highest BCUT2D eigenvalue weighted by atomic mass is 16.4. The lowest BCUT2D eigenvalue weighted by Crippen LogP contribution is -2.42. The van der Waals surface area contributed by atoms with Crippen molar-refractivity contribution in [1.82, 2.24) is 5.32 Å². The predicted octanol–water partition coefficient (Wildman–Crippen LogP) is 1.79. The van der Waals surface area contributed by atoms with E-state index in [1.807, 2.05) is 13.8 Å². The average molecular weight is 227 g/mol. The smallest absolute Gasteiger partial charge is 0.326 e. The molecule has 1 fully saturated rings. The first kappa shape index (κ1) is 13.0. The lowest BCUT2D eigenvalue weighted by atomic mass is 9.83. The van der Waals surface area contributed by atoms with Gasteiger partial charge >= 0.3 is 5.97 Å². The van der Waals surface area contributed by atoms with Gasteiger partial charge in [0.2, 0.25) is 5.91 Å². The van der Waals surface area contributed by atoms with Gasteiger partial charge in [-0.25, -0.2) is 4.79 Å². The molecule has 1 aliphatic rings. The van der Waals surface area contributed by atoms with Gasteiger partial charge in [-0.15, -0.1) is 0 Å². The van der Waals surface area contributed by atoms with E-state index in [0.717, 1.165) is 12.8 Å². The number of carbonyl (C=O) groups is 2. The third-order valence-electron chi connectivity index (χ3n) is 3.04. The molecular formula is C12H21NO3. The molecule has 2 N–H and O–H groups in total. The summed E-state index contributed by atoms with van der Waals surface area (Å²) < 4.78 is 0. The second kappa shape index (κ2) is 5.87. The van der Waals surface area contributed by atoms with E-state index >= 15 is 0 Å². The minimum atomic E-state index is -0.935. The lowest BCUT2D eigenvalue weighted by molar-refractivity contribution is -0.142. The Morgan fingerprint density at radius 1 is 1.38 bits per heavy atom. The second-order valence-electron chi connectivity index (χ2n) is 5.09. The van der Waals surface area contributed by atoms with E-state index in [1.54, 1.807) is 0 Å². The molecule has 1 aliphatic carbocycles. The van der Waals surface area contributed by atoms with Gasteiger partial charge in [0.15, 0.2) is 0 Å². The zero-order chi connectivity index (χ0) is 12.1. The van der Waals surface area contributed by atoms with Gasteiger partial charge in [0, 0.05) is 6.42 Å². The quantitative estimate of drug-likeness (QED) is 0.727. The first-order chi connectivity index (χ1) is 7.49. The number of carbonyl (C=O) groups excluding carboxylic acids is 1. The van der Waals surface area contributed by atoms with Crippen molar-refractivity contribution in [2.45, 2.75) is 52.0 Å². The van der Waals surface area contributed by atoms with E-state index in [1.165, 1.54) is 6.42 Å². The van der Waals surface area contributed by atoms with E-state index in [9.17, 15) is 9.59 Å². The summed E-state index contributed by atoms with van der Waals surface area (Å²) in [6.45, 7) is 3.90. The number of carboxylic acid groups (broad SMARTS) is 1. The molecule has 0 heterocycles. The van der Waals surface area contributed by atoms with Crippen molar-refractivity contribution in [2.24, 2.45) is 11.8 Å². The van der Waals surface area contributed by atoms with Crippen molar-refractivity contribution >= 4 is 11.9 Å². The Labute approximate surface area is 96.4 Å². The summed E-state index contributed by atoms with van der Waals surface area (Å²) in [6.07, 6.45) is 4.39. The number of nitrogens with one attached hydrogen (secondary N) is 1. The van der Waals surface area contributed by atoms with Gasteiger partial charge < -0.3 is 10.4 Å². The number of hydrogen-bond acceptors (Lipinski definition) is 2. The summed E-state index contributed by atoms with van der Waals surface area (Å²) in [4.78, 5) is 22.5. The van der Waals surface area contributed by atoms with E-state index < -0.39 is 12.0 Å². The number of hydrogen-bond donors (Lipinski definition) is 2. The van der Waals surface area contributed by atoms with Crippen LogP contribution >= 0.6 is 0 Å². The highest BCUT2D eigenvalue weighted by molar-refractivity contribution is 5.83. The van der Waals surface area contributed by atoms with Crippen molar-refractivity contribution in [1.29, 1.82) is 0 Å². The maximum Gasteiger partial charge on any atom is 0.326 e. The summed E-state index contributed by atoms with van der Waals surface area (Å²) >= 11 is 0. The summed E-state index contributed by atoms with van der Waals surface area (Å²) in [7, 11) is 0. The van der Waals surface area contributed by atoms with Crippen LogP contribution in [0.3, 0.4) is 0 Å². The number of amides is 1. The fraction of sp³-hybridized carbons (Fsp3) is 0.833. The normalized spacial score (nSPS) is 17.9. The van der Waals surface area contributed by atoms with Gasteiger partial charge in [-0.3, -0.25) is 4.79 Å². The van der Waals surface area contributed by atoms with E-state index in [-0.39, 0.29) is 11.8 Å². The highest BCUT2D eigenvalue weighted by Crippen LogP contribution is 2.29. The third-order valence-corrected chi connectivity index (χ3v) is 3.04. The Bertz CT molecular complexity index is 259. The van der Waals surface area contributed by atoms with Gasteiger partial charge in [-0.2, -0.15) is 0 Å². The molecule has 0 aromatic heterocycles. The van der Waals surface area contributed by atoms with Crippen LogP contribution in [0.15, 0.2) is 0 Å². The third kappa shape index (κ3) is 4.21. The minimum absolute atomic E-state index is 0.113. The molecule has 16 heavy (non-hydrogen) atoms. The molecule has 4 heteroatoms. The molecule has 1 unspecified atom stereocenters. The first-order valence-electron chi connectivity index (χ1n) is 6.01. The monoisotopic (exact) mass is 227 g/mol. The minimum Gasteiger partial charge on any atom is -0.480 e. The molecule has 0 bridgehead atoms. The second-order valence-corrected chi connectivity index (χ2v) is 5.09. The van der Waals surface area contributed by atoms with Crippen molar-refractivity contribution in [3.05, 3.63) is 0 Å². The van der Waals surface area contributed by atoms with Crippen LogP contribution in [0.5, 0.6) is 0 Å².